The van der Waals surface area contributed by atoms with E-state index in [2.05, 4.69) is 15.9 Å². The fourth-order valence-electron chi connectivity index (χ4n) is 1.11. The summed E-state index contributed by atoms with van der Waals surface area (Å²) < 4.78 is 5.51. The number of anilines is 1. The number of esters is 1. The van der Waals surface area contributed by atoms with Gasteiger partial charge in [0.25, 0.3) is 0 Å². The first-order valence-electron chi connectivity index (χ1n) is 4.72. The van der Waals surface area contributed by atoms with E-state index in [1.54, 1.807) is 20.8 Å². The highest BCUT2D eigenvalue weighted by Gasteiger charge is 2.21. The van der Waals surface area contributed by atoms with Gasteiger partial charge in [0.15, 0.2) is 0 Å². The number of nitrogen functional groups attached to an aromatic ring is 1. The van der Waals surface area contributed by atoms with Crippen LogP contribution in [0.5, 0.6) is 5.75 Å². The van der Waals surface area contributed by atoms with Crippen LogP contribution in [-0.4, -0.2) is 16.7 Å². The smallest absolute Gasteiger partial charge is 0.342 e. The number of carbonyl (C=O) groups is 1. The molecule has 0 radical (unpaired) electrons. The maximum atomic E-state index is 11.7. The molecule has 5 heteroatoms. The van der Waals surface area contributed by atoms with Crippen LogP contribution in [0.2, 0.25) is 0 Å². The van der Waals surface area contributed by atoms with Crippen LogP contribution in [-0.2, 0) is 4.74 Å². The van der Waals surface area contributed by atoms with Gasteiger partial charge in [-0.2, -0.15) is 0 Å². The largest absolute Gasteiger partial charge is 0.506 e. The molecule has 0 atom stereocenters. The van der Waals surface area contributed by atoms with Gasteiger partial charge in [0.2, 0.25) is 0 Å². The molecule has 0 heterocycles. The van der Waals surface area contributed by atoms with Gasteiger partial charge < -0.3 is 15.6 Å². The monoisotopic (exact) mass is 287 g/mol. The van der Waals surface area contributed by atoms with Gasteiger partial charge in [-0.15, -0.1) is 0 Å². The van der Waals surface area contributed by atoms with Crippen molar-refractivity contribution in [2.24, 2.45) is 0 Å². The molecule has 1 aromatic carbocycles. The van der Waals surface area contributed by atoms with E-state index in [0.717, 1.165) is 0 Å². The molecule has 1 rings (SSSR count). The first-order valence-corrected chi connectivity index (χ1v) is 5.51. The molecular formula is C11H14BrNO3. The average molecular weight is 288 g/mol. The summed E-state index contributed by atoms with van der Waals surface area (Å²) in [5, 5.41) is 9.69. The first-order chi connectivity index (χ1) is 7.20. The standard InChI is InChI=1S/C11H14BrNO3/c1-11(2,3)16-10(15)7-4-6(13)5-8(12)9(7)14/h4-5,14H,13H2,1-3H3. The molecule has 0 aromatic heterocycles. The molecule has 1 aromatic rings. The van der Waals surface area contributed by atoms with Crippen molar-refractivity contribution in [1.29, 1.82) is 0 Å². The maximum Gasteiger partial charge on any atom is 0.342 e. The highest BCUT2D eigenvalue weighted by Crippen LogP contribution is 2.31. The summed E-state index contributed by atoms with van der Waals surface area (Å²) in [5.74, 6) is -0.763. The fourth-order valence-corrected chi connectivity index (χ4v) is 1.59. The number of ether oxygens (including phenoxy) is 1. The summed E-state index contributed by atoms with van der Waals surface area (Å²) in [5.41, 5.74) is 5.41. The van der Waals surface area contributed by atoms with Crippen molar-refractivity contribution in [1.82, 2.24) is 0 Å². The van der Waals surface area contributed by atoms with Crippen LogP contribution in [0.25, 0.3) is 0 Å². The van der Waals surface area contributed by atoms with Gasteiger partial charge in [0, 0.05) is 5.69 Å². The number of hydrogen-bond donors (Lipinski definition) is 2. The Labute approximate surface area is 103 Å². The van der Waals surface area contributed by atoms with Crippen LogP contribution >= 0.6 is 15.9 Å². The van der Waals surface area contributed by atoms with Crippen molar-refractivity contribution in [2.45, 2.75) is 26.4 Å². The Kier molecular flexibility index (Phi) is 3.48. The molecule has 4 nitrogen and oxygen atoms in total. The Morgan fingerprint density at radius 2 is 2.00 bits per heavy atom. The fraction of sp³-hybridized carbons (Fsp3) is 0.364. The number of benzene rings is 1. The Morgan fingerprint density at radius 3 is 2.50 bits per heavy atom. The van der Waals surface area contributed by atoms with E-state index in [0.29, 0.717) is 10.2 Å². The lowest BCUT2D eigenvalue weighted by Crippen LogP contribution is -2.24. The molecular weight excluding hydrogens is 274 g/mol. The Hall–Kier alpha value is -1.23. The number of rotatable bonds is 1. The van der Waals surface area contributed by atoms with Crippen molar-refractivity contribution in [2.75, 3.05) is 5.73 Å². The van der Waals surface area contributed by atoms with Gasteiger partial charge >= 0.3 is 5.97 Å². The quantitative estimate of drug-likeness (QED) is 0.473. The zero-order chi connectivity index (χ0) is 12.5. The van der Waals surface area contributed by atoms with Gasteiger partial charge in [-0.3, -0.25) is 0 Å². The number of carbonyl (C=O) groups excluding carboxylic acids is 1. The second-order valence-corrected chi connectivity index (χ2v) is 5.26. The summed E-state index contributed by atoms with van der Waals surface area (Å²) in [6.45, 7) is 5.26. The lowest BCUT2D eigenvalue weighted by atomic mass is 10.1. The van der Waals surface area contributed by atoms with E-state index in [1.165, 1.54) is 12.1 Å². The van der Waals surface area contributed by atoms with Crippen LogP contribution in [0.1, 0.15) is 31.1 Å². The van der Waals surface area contributed by atoms with Crippen molar-refractivity contribution in [3.05, 3.63) is 22.2 Å². The Bertz CT molecular complexity index is 424. The lowest BCUT2D eigenvalue weighted by molar-refractivity contribution is 0.00667. The topological polar surface area (TPSA) is 72.5 Å². The van der Waals surface area contributed by atoms with Crippen LogP contribution < -0.4 is 5.73 Å². The van der Waals surface area contributed by atoms with E-state index < -0.39 is 11.6 Å². The molecule has 0 spiro atoms. The number of nitrogens with two attached hydrogens (primary N) is 1. The third-order valence-electron chi connectivity index (χ3n) is 1.70. The molecule has 0 amide bonds. The third-order valence-corrected chi connectivity index (χ3v) is 2.31. The molecule has 0 saturated heterocycles. The molecule has 0 bridgehead atoms. The predicted molar refractivity (Wildman–Crippen MR) is 65.4 cm³/mol. The van der Waals surface area contributed by atoms with Gasteiger partial charge in [-0.05, 0) is 48.8 Å². The summed E-state index contributed by atoms with van der Waals surface area (Å²) in [6, 6.07) is 2.90. The number of halogens is 1. The molecule has 88 valence electrons. The van der Waals surface area contributed by atoms with Crippen LogP contribution in [0.15, 0.2) is 16.6 Å². The molecule has 16 heavy (non-hydrogen) atoms. The van der Waals surface area contributed by atoms with Crippen LogP contribution in [0, 0.1) is 0 Å². The minimum absolute atomic E-state index is 0.0572. The average Bonchev–Trinajstić information content (AvgIpc) is 2.08. The molecule has 3 N–H and O–H groups in total. The third kappa shape index (κ3) is 3.13. The first kappa shape index (κ1) is 12.8. The zero-order valence-electron chi connectivity index (χ0n) is 9.37. The van der Waals surface area contributed by atoms with Gasteiger partial charge in [0.05, 0.1) is 4.47 Å². The molecule has 0 aliphatic rings. The highest BCUT2D eigenvalue weighted by molar-refractivity contribution is 9.10. The van der Waals surface area contributed by atoms with Crippen molar-refractivity contribution in [3.8, 4) is 5.75 Å². The Morgan fingerprint density at radius 1 is 1.44 bits per heavy atom. The van der Waals surface area contributed by atoms with Crippen molar-refractivity contribution >= 4 is 27.6 Å². The van der Waals surface area contributed by atoms with Gasteiger partial charge in [0.1, 0.15) is 16.9 Å². The molecule has 0 aliphatic heterocycles. The molecule has 0 unspecified atom stereocenters. The van der Waals surface area contributed by atoms with E-state index in [4.69, 9.17) is 10.5 Å². The minimum Gasteiger partial charge on any atom is -0.506 e. The maximum absolute atomic E-state index is 11.7. The molecule has 0 saturated carbocycles. The molecule has 0 fully saturated rings. The number of aromatic hydroxyl groups is 1. The summed E-state index contributed by atoms with van der Waals surface area (Å²) in [6.07, 6.45) is 0. The second kappa shape index (κ2) is 4.33. The minimum atomic E-state index is -0.611. The number of phenols is 1. The van der Waals surface area contributed by atoms with Gasteiger partial charge in [-0.25, -0.2) is 4.79 Å². The second-order valence-electron chi connectivity index (χ2n) is 4.40. The van der Waals surface area contributed by atoms with E-state index in [9.17, 15) is 9.90 Å². The van der Waals surface area contributed by atoms with Crippen molar-refractivity contribution < 1.29 is 14.6 Å². The number of phenolic OH excluding ortho intramolecular Hbond substituents is 1. The summed E-state index contributed by atoms with van der Waals surface area (Å²) in [4.78, 5) is 11.7. The molecule has 0 aliphatic carbocycles. The summed E-state index contributed by atoms with van der Waals surface area (Å²) >= 11 is 3.11. The van der Waals surface area contributed by atoms with Crippen LogP contribution in [0.4, 0.5) is 5.69 Å². The summed E-state index contributed by atoms with van der Waals surface area (Å²) in [7, 11) is 0. The SMILES string of the molecule is CC(C)(C)OC(=O)c1cc(N)cc(Br)c1O. The number of hydrogen-bond acceptors (Lipinski definition) is 4. The van der Waals surface area contributed by atoms with E-state index >= 15 is 0 Å². The predicted octanol–water partition coefficient (Wildman–Crippen LogP) is 2.69. The van der Waals surface area contributed by atoms with Crippen molar-refractivity contribution in [3.63, 3.8) is 0 Å². The van der Waals surface area contributed by atoms with Gasteiger partial charge in [-0.1, -0.05) is 0 Å². The lowest BCUT2D eigenvalue weighted by Gasteiger charge is -2.20. The highest BCUT2D eigenvalue weighted by atomic mass is 79.9. The van der Waals surface area contributed by atoms with E-state index in [-0.39, 0.29) is 11.3 Å². The Balaban J connectivity index is 3.09. The normalized spacial score (nSPS) is 11.2. The van der Waals surface area contributed by atoms with Crippen LogP contribution in [0.3, 0.4) is 0 Å². The van der Waals surface area contributed by atoms with E-state index in [1.807, 2.05) is 0 Å². The zero-order valence-corrected chi connectivity index (χ0v) is 11.0.